The monoisotopic (exact) mass is 457 g/mol. The number of nitrogens with zero attached hydrogens (tertiary/aromatic N) is 3. The van der Waals surface area contributed by atoms with Crippen LogP contribution in [0.5, 0.6) is 0 Å². The van der Waals surface area contributed by atoms with Crippen molar-refractivity contribution < 1.29 is 9.18 Å². The van der Waals surface area contributed by atoms with Gasteiger partial charge in [0.2, 0.25) is 5.95 Å². The first-order chi connectivity index (χ1) is 14.8. The van der Waals surface area contributed by atoms with Gasteiger partial charge in [0.05, 0.1) is 21.2 Å². The van der Waals surface area contributed by atoms with Crippen LogP contribution >= 0.6 is 22.9 Å². The molecule has 2 N–H and O–H groups in total. The number of H-pyrrole nitrogens is 1. The maximum atomic E-state index is 14.2. The summed E-state index contributed by atoms with van der Waals surface area (Å²) in [5, 5.41) is 9.02. The summed E-state index contributed by atoms with van der Waals surface area (Å²) in [4.78, 5) is 32.9. The lowest BCUT2D eigenvalue weighted by molar-refractivity contribution is 0.102. The molecule has 0 spiro atoms. The predicted octanol–water partition coefficient (Wildman–Crippen LogP) is 4.85. The Labute approximate surface area is 185 Å². The highest BCUT2D eigenvalue weighted by Gasteiger charge is 2.21. The molecule has 7 nitrogen and oxygen atoms in total. The number of carbonyl (C=O) groups is 1. The lowest BCUT2D eigenvalue weighted by atomic mass is 10.1. The van der Waals surface area contributed by atoms with Gasteiger partial charge >= 0.3 is 0 Å². The highest BCUT2D eigenvalue weighted by atomic mass is 35.5. The number of thiophene rings is 1. The highest BCUT2D eigenvalue weighted by molar-refractivity contribution is 7.13. The van der Waals surface area contributed by atoms with Crippen molar-refractivity contribution in [1.82, 2.24) is 19.7 Å². The van der Waals surface area contributed by atoms with Gasteiger partial charge in [-0.25, -0.2) is 9.37 Å². The Kier molecular flexibility index (Phi) is 5.71. The number of amides is 1. The van der Waals surface area contributed by atoms with Gasteiger partial charge in [0.15, 0.2) is 0 Å². The molecule has 4 aromatic rings. The molecule has 3 heterocycles. The Balaban J connectivity index is 1.82. The quantitative estimate of drug-likeness (QED) is 0.448. The second-order valence-electron chi connectivity index (χ2n) is 7.00. The predicted molar refractivity (Wildman–Crippen MR) is 119 cm³/mol. The van der Waals surface area contributed by atoms with Crippen molar-refractivity contribution in [1.29, 1.82) is 0 Å². The summed E-state index contributed by atoms with van der Waals surface area (Å²) in [6.45, 7) is 3.82. The fourth-order valence-corrected chi connectivity index (χ4v) is 3.86. The largest absolute Gasteiger partial charge is 0.306 e. The molecule has 0 radical (unpaired) electrons. The molecule has 0 unspecified atom stereocenters. The number of carbonyl (C=O) groups excluding carboxylic acids is 1. The molecule has 0 atom stereocenters. The first kappa shape index (κ1) is 21.0. The molecule has 10 heteroatoms. The van der Waals surface area contributed by atoms with Crippen LogP contribution in [0.2, 0.25) is 5.02 Å². The van der Waals surface area contributed by atoms with E-state index >= 15 is 0 Å². The van der Waals surface area contributed by atoms with E-state index in [0.29, 0.717) is 11.4 Å². The van der Waals surface area contributed by atoms with Crippen LogP contribution < -0.4 is 10.9 Å². The minimum absolute atomic E-state index is 0.00337. The summed E-state index contributed by atoms with van der Waals surface area (Å²) in [6, 6.07) is 10.8. The number of anilines is 1. The van der Waals surface area contributed by atoms with Crippen LogP contribution in [0.15, 0.2) is 52.6 Å². The second-order valence-corrected chi connectivity index (χ2v) is 8.36. The van der Waals surface area contributed by atoms with Crippen LogP contribution in [0, 0.1) is 5.82 Å². The normalized spacial score (nSPS) is 11.1. The fourth-order valence-electron chi connectivity index (χ4n) is 2.93. The van der Waals surface area contributed by atoms with Crippen LogP contribution in [0.1, 0.15) is 35.8 Å². The van der Waals surface area contributed by atoms with Gasteiger partial charge in [0, 0.05) is 12.1 Å². The first-order valence-corrected chi connectivity index (χ1v) is 10.6. The number of halogens is 2. The molecular weight excluding hydrogens is 441 g/mol. The van der Waals surface area contributed by atoms with Gasteiger partial charge < -0.3 is 5.32 Å². The maximum absolute atomic E-state index is 14.2. The topological polar surface area (TPSA) is 92.7 Å². The standard InChI is InChI=1S/C21H17ClFN5O2S/c1-11(2)14-10-18(29)26-21(24-14)28-17(9-15(27-28)16-7-4-8-31-16)25-20(30)19-12(22)5-3-6-13(19)23/h3-11H,1-2H3,(H,25,30)(H,24,26,29). The van der Waals surface area contributed by atoms with E-state index in [0.717, 1.165) is 10.9 Å². The molecule has 4 rings (SSSR count). The number of rotatable bonds is 5. The molecule has 1 amide bonds. The van der Waals surface area contributed by atoms with E-state index in [2.05, 4.69) is 20.4 Å². The molecule has 0 saturated carbocycles. The fraction of sp³-hybridized carbons (Fsp3) is 0.143. The zero-order valence-electron chi connectivity index (χ0n) is 16.5. The van der Waals surface area contributed by atoms with Crippen molar-refractivity contribution in [3.63, 3.8) is 0 Å². The highest BCUT2D eigenvalue weighted by Crippen LogP contribution is 2.28. The van der Waals surface area contributed by atoms with E-state index < -0.39 is 11.7 Å². The van der Waals surface area contributed by atoms with Crippen molar-refractivity contribution in [2.24, 2.45) is 0 Å². The summed E-state index contributed by atoms with van der Waals surface area (Å²) in [7, 11) is 0. The third-order valence-electron chi connectivity index (χ3n) is 4.46. The third kappa shape index (κ3) is 4.28. The molecule has 0 bridgehead atoms. The lowest BCUT2D eigenvalue weighted by Gasteiger charge is -2.11. The molecule has 158 valence electrons. The Morgan fingerprint density at radius 3 is 2.74 bits per heavy atom. The minimum atomic E-state index is -0.747. The van der Waals surface area contributed by atoms with Gasteiger partial charge in [-0.15, -0.1) is 11.3 Å². The zero-order chi connectivity index (χ0) is 22.1. The summed E-state index contributed by atoms with van der Waals surface area (Å²) in [6.07, 6.45) is 0. The van der Waals surface area contributed by atoms with Crippen molar-refractivity contribution in [3.8, 4) is 16.5 Å². The average Bonchev–Trinajstić information content (AvgIpc) is 3.37. The summed E-state index contributed by atoms with van der Waals surface area (Å²) in [5.74, 6) is -1.15. The van der Waals surface area contributed by atoms with Crippen molar-refractivity contribution >= 4 is 34.7 Å². The minimum Gasteiger partial charge on any atom is -0.306 e. The van der Waals surface area contributed by atoms with Gasteiger partial charge in [0.25, 0.3) is 11.5 Å². The summed E-state index contributed by atoms with van der Waals surface area (Å²) in [5.41, 5.74) is 0.493. The SMILES string of the molecule is CC(C)c1cc(=O)[nH]c(-n2nc(-c3cccs3)cc2NC(=O)c2c(F)cccc2Cl)n1. The number of aromatic nitrogens is 4. The van der Waals surface area contributed by atoms with Crippen LogP contribution in [-0.2, 0) is 0 Å². The number of nitrogens with one attached hydrogen (secondary N) is 2. The number of hydrogen-bond donors (Lipinski definition) is 2. The summed E-state index contributed by atoms with van der Waals surface area (Å²) >= 11 is 7.49. The first-order valence-electron chi connectivity index (χ1n) is 9.34. The van der Waals surface area contributed by atoms with E-state index in [1.165, 1.54) is 34.2 Å². The third-order valence-corrected chi connectivity index (χ3v) is 5.66. The Morgan fingerprint density at radius 2 is 2.06 bits per heavy atom. The Morgan fingerprint density at radius 1 is 1.26 bits per heavy atom. The number of benzene rings is 1. The molecule has 1 aromatic carbocycles. The van der Waals surface area contributed by atoms with Gasteiger partial charge in [0.1, 0.15) is 17.3 Å². The zero-order valence-corrected chi connectivity index (χ0v) is 18.1. The van der Waals surface area contributed by atoms with Crippen LogP contribution in [-0.4, -0.2) is 25.7 Å². The van der Waals surface area contributed by atoms with Crippen molar-refractivity contribution in [3.05, 3.63) is 80.3 Å². The molecule has 0 aliphatic carbocycles. The van der Waals surface area contributed by atoms with Crippen LogP contribution in [0.3, 0.4) is 0 Å². The molecular formula is C21H17ClFN5O2S. The van der Waals surface area contributed by atoms with Gasteiger partial charge in [-0.05, 0) is 29.5 Å². The smallest absolute Gasteiger partial charge is 0.261 e. The molecule has 3 aromatic heterocycles. The molecule has 0 saturated heterocycles. The van der Waals surface area contributed by atoms with Crippen molar-refractivity contribution in [2.45, 2.75) is 19.8 Å². The van der Waals surface area contributed by atoms with E-state index in [1.54, 1.807) is 6.07 Å². The van der Waals surface area contributed by atoms with E-state index in [9.17, 15) is 14.0 Å². The number of aromatic amines is 1. The van der Waals surface area contributed by atoms with Gasteiger partial charge in [-0.2, -0.15) is 9.78 Å². The molecule has 0 aliphatic heterocycles. The van der Waals surface area contributed by atoms with E-state index in [1.807, 2.05) is 31.4 Å². The van der Waals surface area contributed by atoms with Crippen molar-refractivity contribution in [2.75, 3.05) is 5.32 Å². The maximum Gasteiger partial charge on any atom is 0.261 e. The summed E-state index contributed by atoms with van der Waals surface area (Å²) < 4.78 is 15.5. The van der Waals surface area contributed by atoms with Crippen LogP contribution in [0.25, 0.3) is 16.5 Å². The average molecular weight is 458 g/mol. The Hall–Kier alpha value is -3.30. The van der Waals surface area contributed by atoms with Gasteiger partial charge in [-0.3, -0.25) is 14.6 Å². The van der Waals surface area contributed by atoms with Gasteiger partial charge in [-0.1, -0.05) is 37.6 Å². The number of hydrogen-bond acceptors (Lipinski definition) is 5. The molecule has 31 heavy (non-hydrogen) atoms. The molecule has 0 aliphatic rings. The Bertz CT molecular complexity index is 1290. The second kappa shape index (κ2) is 8.44. The molecule has 0 fully saturated rings. The van der Waals surface area contributed by atoms with E-state index in [4.69, 9.17) is 11.6 Å². The lowest BCUT2D eigenvalue weighted by Crippen LogP contribution is -2.20. The van der Waals surface area contributed by atoms with E-state index in [-0.39, 0.29) is 33.8 Å². The van der Waals surface area contributed by atoms with Crippen LogP contribution in [0.4, 0.5) is 10.2 Å².